The van der Waals surface area contributed by atoms with Gasteiger partial charge in [-0.3, -0.25) is 0 Å². The van der Waals surface area contributed by atoms with Crippen LogP contribution in [0.3, 0.4) is 0 Å². The first-order valence-electron chi connectivity index (χ1n) is 9.56. The Hall–Kier alpha value is -1.30. The number of nitrogens with one attached hydrogen (secondary N) is 2. The van der Waals surface area contributed by atoms with E-state index in [4.69, 9.17) is 33.3 Å². The van der Waals surface area contributed by atoms with Crippen molar-refractivity contribution in [1.82, 2.24) is 10.6 Å². The third-order valence-electron chi connectivity index (χ3n) is 5.92. The van der Waals surface area contributed by atoms with Crippen molar-refractivity contribution in [1.29, 1.82) is 0 Å². The minimum atomic E-state index is -0.238. The maximum Gasteiger partial charge on any atom is 0.166 e. The third kappa shape index (κ3) is 4.10. The van der Waals surface area contributed by atoms with E-state index in [1.54, 1.807) is 6.08 Å². The molecule has 6 heteroatoms. The monoisotopic (exact) mass is 408 g/mol. The maximum atomic E-state index is 6.49. The molecular weight excluding hydrogens is 380 g/mol. The number of hydrogen-bond donors (Lipinski definition) is 2. The van der Waals surface area contributed by atoms with Gasteiger partial charge in [-0.1, -0.05) is 37.6 Å². The molecule has 3 atom stereocenters. The number of hydrogen-bond acceptors (Lipinski definition) is 3. The first-order valence-corrected chi connectivity index (χ1v) is 10.3. The van der Waals surface area contributed by atoms with Crippen molar-refractivity contribution >= 4 is 28.9 Å². The fourth-order valence-corrected chi connectivity index (χ4v) is 4.49. The molecule has 0 aliphatic carbocycles. The van der Waals surface area contributed by atoms with Crippen LogP contribution in [0.4, 0.5) is 0 Å². The lowest BCUT2D eigenvalue weighted by Gasteiger charge is -2.32. The molecule has 0 radical (unpaired) electrons. The van der Waals surface area contributed by atoms with Crippen LogP contribution in [0.25, 0.3) is 0 Å². The van der Waals surface area contributed by atoms with E-state index in [9.17, 15) is 0 Å². The van der Waals surface area contributed by atoms with Crippen molar-refractivity contribution in [2.24, 2.45) is 5.92 Å². The van der Waals surface area contributed by atoms with Gasteiger partial charge in [0.05, 0.1) is 5.60 Å². The molecule has 0 amide bonds. The summed E-state index contributed by atoms with van der Waals surface area (Å²) in [5.41, 5.74) is 0.608. The Labute approximate surface area is 172 Å². The minimum Gasteiger partial charge on any atom is -0.487 e. The zero-order chi connectivity index (χ0) is 19.7. The first-order chi connectivity index (χ1) is 12.8. The molecule has 1 aromatic carbocycles. The zero-order valence-corrected chi connectivity index (χ0v) is 17.9. The van der Waals surface area contributed by atoms with Gasteiger partial charge in [0, 0.05) is 30.1 Å². The summed E-state index contributed by atoms with van der Waals surface area (Å²) in [6.07, 6.45) is 4.84. The van der Waals surface area contributed by atoms with Crippen molar-refractivity contribution in [3.05, 3.63) is 41.4 Å². The van der Waals surface area contributed by atoms with Gasteiger partial charge in [-0.25, -0.2) is 0 Å². The van der Waals surface area contributed by atoms with Crippen LogP contribution in [-0.2, 0) is 11.3 Å². The lowest BCUT2D eigenvalue weighted by molar-refractivity contribution is -0.0770. The molecule has 2 N–H and O–H groups in total. The molecule has 2 saturated heterocycles. The molecule has 0 saturated carbocycles. The predicted molar refractivity (Wildman–Crippen MR) is 114 cm³/mol. The van der Waals surface area contributed by atoms with Crippen LogP contribution in [0.5, 0.6) is 5.75 Å². The van der Waals surface area contributed by atoms with Gasteiger partial charge < -0.3 is 20.1 Å². The molecule has 2 fully saturated rings. The highest BCUT2D eigenvalue weighted by Crippen LogP contribution is 2.55. The summed E-state index contributed by atoms with van der Waals surface area (Å²) in [6.45, 7) is 11.4. The third-order valence-corrected chi connectivity index (χ3v) is 6.57. The zero-order valence-electron chi connectivity index (χ0n) is 16.3. The summed E-state index contributed by atoms with van der Waals surface area (Å²) in [7, 11) is 0. The van der Waals surface area contributed by atoms with Gasteiger partial charge >= 0.3 is 0 Å². The average molecular weight is 409 g/mol. The molecule has 1 aromatic rings. The molecule has 2 aliphatic rings. The topological polar surface area (TPSA) is 42.5 Å². The quantitative estimate of drug-likeness (QED) is 0.509. The van der Waals surface area contributed by atoms with Crippen LogP contribution < -0.4 is 15.4 Å². The SMILES string of the molecule is C=CCNC(=S)NCc1c(Cl)cccc1O[C@@H]1C[C@@]2(C(C)C)CC[C@@]1(C)O2. The van der Waals surface area contributed by atoms with Crippen molar-refractivity contribution in [3.63, 3.8) is 0 Å². The van der Waals surface area contributed by atoms with E-state index in [-0.39, 0.29) is 17.3 Å². The highest BCUT2D eigenvalue weighted by Gasteiger charge is 2.61. The van der Waals surface area contributed by atoms with E-state index in [1.807, 2.05) is 18.2 Å². The molecule has 0 spiro atoms. The highest BCUT2D eigenvalue weighted by atomic mass is 35.5. The van der Waals surface area contributed by atoms with Gasteiger partial charge in [-0.15, -0.1) is 6.58 Å². The molecule has 0 aromatic heterocycles. The first kappa shape index (κ1) is 20.4. The molecule has 0 unspecified atom stereocenters. The summed E-state index contributed by atoms with van der Waals surface area (Å²) < 4.78 is 13.0. The fourth-order valence-electron chi connectivity index (χ4n) is 4.11. The number of ether oxygens (including phenoxy) is 2. The van der Waals surface area contributed by atoms with Crippen LogP contribution in [0.2, 0.25) is 5.02 Å². The van der Waals surface area contributed by atoms with Crippen molar-refractivity contribution in [2.75, 3.05) is 6.54 Å². The van der Waals surface area contributed by atoms with Gasteiger partial charge in [0.25, 0.3) is 0 Å². The molecule has 2 heterocycles. The molecule has 148 valence electrons. The van der Waals surface area contributed by atoms with Crippen LogP contribution in [-0.4, -0.2) is 29.0 Å². The van der Waals surface area contributed by atoms with Crippen LogP contribution in [0.15, 0.2) is 30.9 Å². The summed E-state index contributed by atoms with van der Waals surface area (Å²) >= 11 is 11.7. The lowest BCUT2D eigenvalue weighted by Crippen LogP contribution is -2.41. The molecule has 2 bridgehead atoms. The van der Waals surface area contributed by atoms with Gasteiger partial charge in [0.1, 0.15) is 17.5 Å². The standard InChI is InChI=1S/C21H29ClN2O2S/c1-5-11-23-19(27)24-13-15-16(22)7-6-8-17(15)25-18-12-21(14(2)3)10-9-20(18,4)26-21/h5-8,14,18H,1,9-13H2,2-4H3,(H2,23,24,27)/t18-,20-,21-/m1/s1. The average Bonchev–Trinajstić information content (AvgIpc) is 3.12. The molecule has 4 nitrogen and oxygen atoms in total. The van der Waals surface area contributed by atoms with Gasteiger partial charge in [-0.2, -0.15) is 0 Å². The van der Waals surface area contributed by atoms with Gasteiger partial charge in [0.2, 0.25) is 0 Å². The smallest absolute Gasteiger partial charge is 0.166 e. The molecule has 3 rings (SSSR count). The van der Waals surface area contributed by atoms with E-state index < -0.39 is 0 Å². The number of thiocarbonyl (C=S) groups is 1. The van der Waals surface area contributed by atoms with Crippen LogP contribution in [0, 0.1) is 5.92 Å². The summed E-state index contributed by atoms with van der Waals surface area (Å²) in [6, 6.07) is 5.77. The highest BCUT2D eigenvalue weighted by molar-refractivity contribution is 7.80. The van der Waals surface area contributed by atoms with Crippen molar-refractivity contribution in [3.8, 4) is 5.75 Å². The van der Waals surface area contributed by atoms with E-state index in [0.29, 0.717) is 29.1 Å². The Morgan fingerprint density at radius 3 is 2.89 bits per heavy atom. The van der Waals surface area contributed by atoms with Crippen molar-refractivity contribution < 1.29 is 9.47 Å². The van der Waals surface area contributed by atoms with Gasteiger partial charge in [0.15, 0.2) is 5.11 Å². The second-order valence-corrected chi connectivity index (χ2v) is 8.83. The Balaban J connectivity index is 1.73. The largest absolute Gasteiger partial charge is 0.487 e. The Morgan fingerprint density at radius 1 is 1.44 bits per heavy atom. The molecule has 27 heavy (non-hydrogen) atoms. The summed E-state index contributed by atoms with van der Waals surface area (Å²) in [5.74, 6) is 1.27. The molecular formula is C21H29ClN2O2S. The number of benzene rings is 1. The van der Waals surface area contributed by atoms with Crippen LogP contribution >= 0.6 is 23.8 Å². The Kier molecular flexibility index (Phi) is 6.04. The summed E-state index contributed by atoms with van der Waals surface area (Å²) in [4.78, 5) is 0. The summed E-state index contributed by atoms with van der Waals surface area (Å²) in [5, 5.41) is 7.47. The lowest BCUT2D eigenvalue weighted by atomic mass is 9.75. The second-order valence-electron chi connectivity index (χ2n) is 8.01. The van der Waals surface area contributed by atoms with Crippen molar-refractivity contribution in [2.45, 2.75) is 63.9 Å². The number of rotatable bonds is 7. The van der Waals surface area contributed by atoms with Gasteiger partial charge in [-0.05, 0) is 50.0 Å². The number of fused-ring (bicyclic) bond motifs is 2. The normalized spacial score (nSPS) is 29.0. The Bertz CT molecular complexity index is 726. The van der Waals surface area contributed by atoms with Crippen LogP contribution in [0.1, 0.15) is 45.6 Å². The van der Waals surface area contributed by atoms with E-state index >= 15 is 0 Å². The number of halogens is 1. The minimum absolute atomic E-state index is 0.0247. The van der Waals surface area contributed by atoms with E-state index in [1.165, 1.54) is 0 Å². The Morgan fingerprint density at radius 2 is 2.22 bits per heavy atom. The van der Waals surface area contributed by atoms with E-state index in [2.05, 4.69) is 38.0 Å². The second kappa shape index (κ2) is 7.98. The molecule has 2 aliphatic heterocycles. The predicted octanol–water partition coefficient (Wildman–Crippen LogP) is 4.61. The fraction of sp³-hybridized carbons (Fsp3) is 0.571. The van der Waals surface area contributed by atoms with E-state index in [0.717, 1.165) is 30.6 Å². The maximum absolute atomic E-state index is 6.49.